The Morgan fingerprint density at radius 2 is 1.77 bits per heavy atom. The number of para-hydroxylation sites is 2. The molecule has 30 heavy (non-hydrogen) atoms. The van der Waals surface area contributed by atoms with Gasteiger partial charge in [0.1, 0.15) is 5.60 Å². The fraction of sp³-hybridized carbons (Fsp3) is 0.200. The Labute approximate surface area is 172 Å². The van der Waals surface area contributed by atoms with Crippen molar-refractivity contribution in [3.8, 4) is 0 Å². The van der Waals surface area contributed by atoms with Crippen LogP contribution in [0.5, 0.6) is 0 Å². The van der Waals surface area contributed by atoms with E-state index in [-0.39, 0.29) is 11.3 Å². The Hall–Kier alpha value is -3.44. The molecule has 5 nitrogen and oxygen atoms in total. The number of nitrogens with one attached hydrogen (secondary N) is 1. The summed E-state index contributed by atoms with van der Waals surface area (Å²) in [6.45, 7) is 1.74. The van der Waals surface area contributed by atoms with Crippen LogP contribution >= 0.6 is 0 Å². The highest BCUT2D eigenvalue weighted by Crippen LogP contribution is 2.43. The van der Waals surface area contributed by atoms with Crippen molar-refractivity contribution < 1.29 is 9.53 Å². The van der Waals surface area contributed by atoms with Crippen molar-refractivity contribution in [3.63, 3.8) is 0 Å². The first kappa shape index (κ1) is 17.4. The van der Waals surface area contributed by atoms with Crippen molar-refractivity contribution in [2.75, 3.05) is 13.1 Å². The third kappa shape index (κ3) is 2.39. The molecule has 2 aliphatic rings. The van der Waals surface area contributed by atoms with Crippen LogP contribution in [0, 0.1) is 0 Å². The Balaban J connectivity index is 1.42. The number of carbonyl (C=O) groups excluding carboxylic acids is 1. The van der Waals surface area contributed by atoms with Crippen LogP contribution in [0.1, 0.15) is 27.9 Å². The monoisotopic (exact) mass is 396 g/mol. The molecule has 148 valence electrons. The summed E-state index contributed by atoms with van der Waals surface area (Å²) in [6, 6.07) is 21.0. The minimum absolute atomic E-state index is 0.0556. The molecular formula is C25H20N2O3. The standard InChI is InChI=1S/C25H20N2O3/c28-23-17-7-2-4-11-21(17)26-22-18(23)8-5-9-19(22)24(29)27-13-12-25(15-27)20-10-3-1-6-16(20)14-30-25/h1-11H,12-15H2,(H,26,28). The minimum atomic E-state index is -0.420. The van der Waals surface area contributed by atoms with E-state index < -0.39 is 5.60 Å². The number of aromatic nitrogens is 1. The van der Waals surface area contributed by atoms with Gasteiger partial charge in [-0.15, -0.1) is 0 Å². The molecule has 3 heterocycles. The van der Waals surface area contributed by atoms with E-state index in [1.165, 1.54) is 11.1 Å². The third-order valence-electron chi connectivity index (χ3n) is 6.50. The lowest BCUT2D eigenvalue weighted by atomic mass is 9.92. The molecule has 5 heteroatoms. The molecule has 2 aliphatic heterocycles. The lowest BCUT2D eigenvalue weighted by molar-refractivity contribution is -0.0282. The highest BCUT2D eigenvalue weighted by molar-refractivity contribution is 6.07. The maximum atomic E-state index is 13.5. The third-order valence-corrected chi connectivity index (χ3v) is 6.50. The van der Waals surface area contributed by atoms with E-state index in [0.29, 0.717) is 41.5 Å². The first-order valence-corrected chi connectivity index (χ1v) is 10.2. The van der Waals surface area contributed by atoms with Gasteiger partial charge in [-0.05, 0) is 41.8 Å². The molecule has 0 bridgehead atoms. The van der Waals surface area contributed by atoms with Crippen LogP contribution in [0.4, 0.5) is 0 Å². The molecule has 1 fully saturated rings. The summed E-state index contributed by atoms with van der Waals surface area (Å²) in [4.78, 5) is 31.6. The van der Waals surface area contributed by atoms with Crippen LogP contribution in [-0.2, 0) is 16.9 Å². The first-order chi connectivity index (χ1) is 14.7. The van der Waals surface area contributed by atoms with Crippen LogP contribution < -0.4 is 5.43 Å². The number of carbonyl (C=O) groups is 1. The smallest absolute Gasteiger partial charge is 0.256 e. The maximum Gasteiger partial charge on any atom is 0.256 e. The highest BCUT2D eigenvalue weighted by atomic mass is 16.5. The molecule has 1 amide bonds. The normalized spacial score (nSPS) is 20.3. The zero-order valence-corrected chi connectivity index (χ0v) is 16.4. The predicted octanol–water partition coefficient (Wildman–Crippen LogP) is 3.95. The fourth-order valence-electron chi connectivity index (χ4n) is 4.97. The van der Waals surface area contributed by atoms with Crippen molar-refractivity contribution >= 4 is 27.7 Å². The molecule has 1 aromatic heterocycles. The summed E-state index contributed by atoms with van der Waals surface area (Å²) < 4.78 is 6.20. The van der Waals surface area contributed by atoms with Gasteiger partial charge in [-0.2, -0.15) is 0 Å². The Kier molecular flexibility index (Phi) is 3.65. The Morgan fingerprint density at radius 1 is 0.967 bits per heavy atom. The molecule has 1 unspecified atom stereocenters. The number of hydrogen-bond donors (Lipinski definition) is 1. The summed E-state index contributed by atoms with van der Waals surface area (Å²) in [5, 5.41) is 1.17. The number of likely N-dealkylation sites (tertiary alicyclic amines) is 1. The summed E-state index contributed by atoms with van der Waals surface area (Å²) >= 11 is 0. The number of rotatable bonds is 1. The van der Waals surface area contributed by atoms with E-state index in [2.05, 4.69) is 17.1 Å². The molecule has 6 rings (SSSR count). The SMILES string of the molecule is O=C(c1cccc2c(=O)c3ccccc3[nH]c12)N1CCC2(C1)OCc1ccccc12. The Bertz CT molecular complexity index is 1390. The molecule has 0 radical (unpaired) electrons. The molecule has 1 atom stereocenters. The molecule has 4 aromatic rings. The van der Waals surface area contributed by atoms with Gasteiger partial charge in [-0.3, -0.25) is 9.59 Å². The molecule has 0 saturated carbocycles. The van der Waals surface area contributed by atoms with Gasteiger partial charge >= 0.3 is 0 Å². The second kappa shape index (κ2) is 6.28. The van der Waals surface area contributed by atoms with Crippen molar-refractivity contribution in [2.24, 2.45) is 0 Å². The summed E-state index contributed by atoms with van der Waals surface area (Å²) in [6.07, 6.45) is 0.778. The van der Waals surface area contributed by atoms with Crippen LogP contribution in [-0.4, -0.2) is 28.9 Å². The quantitative estimate of drug-likeness (QED) is 0.496. The summed E-state index contributed by atoms with van der Waals surface area (Å²) in [5.41, 5.74) is 3.78. The van der Waals surface area contributed by atoms with Gasteiger partial charge in [0.15, 0.2) is 5.43 Å². The zero-order valence-electron chi connectivity index (χ0n) is 16.4. The van der Waals surface area contributed by atoms with Gasteiger partial charge in [0.2, 0.25) is 0 Å². The molecule has 3 aromatic carbocycles. The number of H-pyrrole nitrogens is 1. The van der Waals surface area contributed by atoms with Crippen LogP contribution in [0.15, 0.2) is 71.5 Å². The molecule has 1 spiro atoms. The van der Waals surface area contributed by atoms with E-state index in [9.17, 15) is 9.59 Å². The lowest BCUT2D eigenvalue weighted by Crippen LogP contribution is -2.34. The number of fused-ring (bicyclic) bond motifs is 4. The van der Waals surface area contributed by atoms with Gasteiger partial charge in [0.05, 0.1) is 24.2 Å². The second-order valence-corrected chi connectivity index (χ2v) is 8.14. The van der Waals surface area contributed by atoms with Gasteiger partial charge in [0.25, 0.3) is 5.91 Å². The van der Waals surface area contributed by atoms with Gasteiger partial charge < -0.3 is 14.6 Å². The van der Waals surface area contributed by atoms with Crippen molar-refractivity contribution in [3.05, 3.63) is 93.6 Å². The molecule has 0 aliphatic carbocycles. The molecule has 1 N–H and O–H groups in total. The predicted molar refractivity (Wildman–Crippen MR) is 116 cm³/mol. The van der Waals surface area contributed by atoms with Crippen molar-refractivity contribution in [1.82, 2.24) is 9.88 Å². The van der Waals surface area contributed by atoms with Gasteiger partial charge in [0, 0.05) is 22.8 Å². The topological polar surface area (TPSA) is 62.4 Å². The van der Waals surface area contributed by atoms with Gasteiger partial charge in [-0.25, -0.2) is 0 Å². The fourth-order valence-corrected chi connectivity index (χ4v) is 4.97. The van der Waals surface area contributed by atoms with E-state index in [0.717, 1.165) is 11.9 Å². The second-order valence-electron chi connectivity index (χ2n) is 8.14. The number of aromatic amines is 1. The number of pyridine rings is 1. The average Bonchev–Trinajstić information content (AvgIpc) is 3.38. The largest absolute Gasteiger partial charge is 0.364 e. The van der Waals surface area contributed by atoms with Crippen molar-refractivity contribution in [1.29, 1.82) is 0 Å². The van der Waals surface area contributed by atoms with E-state index in [4.69, 9.17) is 4.74 Å². The number of hydrogen-bond acceptors (Lipinski definition) is 3. The lowest BCUT2D eigenvalue weighted by Gasteiger charge is -2.25. The average molecular weight is 396 g/mol. The van der Waals surface area contributed by atoms with Crippen LogP contribution in [0.25, 0.3) is 21.8 Å². The minimum Gasteiger partial charge on any atom is -0.364 e. The van der Waals surface area contributed by atoms with Gasteiger partial charge in [-0.1, -0.05) is 42.5 Å². The first-order valence-electron chi connectivity index (χ1n) is 10.2. The van der Waals surface area contributed by atoms with E-state index in [1.54, 1.807) is 24.3 Å². The number of ether oxygens (including phenoxy) is 1. The van der Waals surface area contributed by atoms with E-state index in [1.807, 2.05) is 35.2 Å². The summed E-state index contributed by atoms with van der Waals surface area (Å²) in [7, 11) is 0. The zero-order chi connectivity index (χ0) is 20.3. The van der Waals surface area contributed by atoms with E-state index >= 15 is 0 Å². The Morgan fingerprint density at radius 3 is 2.70 bits per heavy atom. The number of nitrogens with zero attached hydrogens (tertiary/aromatic N) is 1. The number of benzene rings is 3. The molecular weight excluding hydrogens is 376 g/mol. The maximum absolute atomic E-state index is 13.5. The number of amides is 1. The molecule has 1 saturated heterocycles. The van der Waals surface area contributed by atoms with Crippen molar-refractivity contribution in [2.45, 2.75) is 18.6 Å². The summed E-state index contributed by atoms with van der Waals surface area (Å²) in [5.74, 6) is -0.0728. The van der Waals surface area contributed by atoms with Crippen LogP contribution in [0.2, 0.25) is 0 Å². The van der Waals surface area contributed by atoms with Crippen LogP contribution in [0.3, 0.4) is 0 Å². The highest BCUT2D eigenvalue weighted by Gasteiger charge is 2.46.